The van der Waals surface area contributed by atoms with Gasteiger partial charge in [-0.1, -0.05) is 11.6 Å². The lowest BCUT2D eigenvalue weighted by Crippen LogP contribution is -2.47. The molecule has 11 heteroatoms. The van der Waals surface area contributed by atoms with Crippen LogP contribution in [-0.4, -0.2) is 54.3 Å². The van der Waals surface area contributed by atoms with Gasteiger partial charge in [0.05, 0.1) is 29.5 Å². The average molecular weight is 508 g/mol. The van der Waals surface area contributed by atoms with Crippen molar-refractivity contribution < 1.29 is 22.6 Å². The van der Waals surface area contributed by atoms with E-state index in [0.29, 0.717) is 61.7 Å². The molecule has 1 aliphatic rings. The predicted molar refractivity (Wildman–Crippen MR) is 128 cm³/mol. The van der Waals surface area contributed by atoms with Crippen molar-refractivity contribution in [3.8, 4) is 23.0 Å². The number of anilines is 2. The number of rotatable bonds is 7. The minimum atomic E-state index is -4.46. The zero-order valence-corrected chi connectivity index (χ0v) is 20.1. The number of pyridine rings is 1. The molecular weight excluding hydrogens is 483 g/mol. The molecule has 0 atom stereocenters. The first-order chi connectivity index (χ1) is 16.8. The van der Waals surface area contributed by atoms with E-state index in [1.807, 2.05) is 30.9 Å². The lowest BCUT2D eigenvalue weighted by Gasteiger charge is -2.37. The molecule has 0 amide bonds. The van der Waals surface area contributed by atoms with Crippen molar-refractivity contribution in [2.45, 2.75) is 20.0 Å². The second kappa shape index (κ2) is 10.6. The zero-order valence-electron chi connectivity index (χ0n) is 19.3. The molecule has 0 spiro atoms. The van der Waals surface area contributed by atoms with E-state index in [0.717, 1.165) is 11.6 Å². The maximum atomic E-state index is 13.4. The quantitative estimate of drug-likeness (QED) is 0.428. The Morgan fingerprint density at radius 2 is 1.66 bits per heavy atom. The van der Waals surface area contributed by atoms with Gasteiger partial charge in [0.2, 0.25) is 0 Å². The van der Waals surface area contributed by atoms with Crippen molar-refractivity contribution in [3.05, 3.63) is 53.2 Å². The third kappa shape index (κ3) is 5.70. The van der Waals surface area contributed by atoms with Gasteiger partial charge >= 0.3 is 12.2 Å². The lowest BCUT2D eigenvalue weighted by molar-refractivity contribution is -0.137. The van der Waals surface area contributed by atoms with Gasteiger partial charge in [-0.05, 0) is 44.2 Å². The predicted octanol–water partition coefficient (Wildman–Crippen LogP) is 5.33. The van der Waals surface area contributed by atoms with Crippen LogP contribution in [0.5, 0.6) is 11.8 Å². The molecule has 1 aliphatic heterocycles. The first-order valence-corrected chi connectivity index (χ1v) is 11.6. The summed E-state index contributed by atoms with van der Waals surface area (Å²) in [5.41, 5.74) is 0.656. The number of halogens is 4. The fraction of sp³-hybridized carbons (Fsp3) is 0.375. The second-order valence-corrected chi connectivity index (χ2v) is 8.16. The zero-order chi connectivity index (χ0) is 25.0. The number of piperazine rings is 1. The Morgan fingerprint density at radius 3 is 2.31 bits per heavy atom. The number of benzene rings is 1. The monoisotopic (exact) mass is 507 g/mol. The Labute approximate surface area is 206 Å². The van der Waals surface area contributed by atoms with Crippen LogP contribution in [0.4, 0.5) is 24.8 Å². The molecular formula is C24H25ClF3N5O2. The van der Waals surface area contributed by atoms with Crippen LogP contribution in [-0.2, 0) is 6.18 Å². The van der Waals surface area contributed by atoms with Gasteiger partial charge < -0.3 is 19.3 Å². The maximum Gasteiger partial charge on any atom is 0.419 e. The Kier molecular flexibility index (Phi) is 7.49. The van der Waals surface area contributed by atoms with Crippen LogP contribution in [0.2, 0.25) is 5.02 Å². The van der Waals surface area contributed by atoms with Crippen LogP contribution < -0.4 is 19.3 Å². The molecule has 3 heterocycles. The molecule has 0 bridgehead atoms. The van der Waals surface area contributed by atoms with Gasteiger partial charge in [0.25, 0.3) is 0 Å². The molecule has 7 nitrogen and oxygen atoms in total. The summed E-state index contributed by atoms with van der Waals surface area (Å²) in [6.07, 6.45) is -3.09. The van der Waals surface area contributed by atoms with E-state index in [1.54, 1.807) is 17.0 Å². The third-order valence-electron chi connectivity index (χ3n) is 5.49. The van der Waals surface area contributed by atoms with Crippen LogP contribution in [0.25, 0.3) is 11.3 Å². The van der Waals surface area contributed by atoms with Gasteiger partial charge in [-0.25, -0.2) is 4.98 Å². The Balaban J connectivity index is 1.57. The molecule has 1 aromatic carbocycles. The summed E-state index contributed by atoms with van der Waals surface area (Å²) in [7, 11) is 0. The Bertz CT molecular complexity index is 1170. The van der Waals surface area contributed by atoms with E-state index < -0.39 is 11.7 Å². The van der Waals surface area contributed by atoms with Gasteiger partial charge in [-0.15, -0.1) is 0 Å². The number of aromatic nitrogens is 3. The fourth-order valence-electron chi connectivity index (χ4n) is 3.87. The number of hydrogen-bond donors (Lipinski definition) is 0. The van der Waals surface area contributed by atoms with E-state index in [1.165, 1.54) is 12.3 Å². The minimum Gasteiger partial charge on any atom is -0.492 e. The largest absolute Gasteiger partial charge is 0.492 e. The first-order valence-electron chi connectivity index (χ1n) is 11.3. The lowest BCUT2D eigenvalue weighted by atomic mass is 10.1. The van der Waals surface area contributed by atoms with Crippen molar-refractivity contribution in [1.82, 2.24) is 15.0 Å². The molecule has 1 fully saturated rings. The molecule has 0 aliphatic carbocycles. The van der Waals surface area contributed by atoms with Gasteiger partial charge in [0.15, 0.2) is 0 Å². The number of alkyl halides is 3. The Morgan fingerprint density at radius 1 is 0.943 bits per heavy atom. The van der Waals surface area contributed by atoms with Gasteiger partial charge in [-0.3, -0.25) is 0 Å². The van der Waals surface area contributed by atoms with Crippen molar-refractivity contribution in [2.75, 3.05) is 49.2 Å². The molecule has 3 aromatic rings. The molecule has 1 saturated heterocycles. The molecule has 0 unspecified atom stereocenters. The SMILES string of the molecule is CCOc1nc(-c2ccc(OCC)c(Cl)c2)cc(N2CCN(c3ncccc3C(F)(F)F)CC2)n1. The number of nitrogens with zero attached hydrogens (tertiary/aromatic N) is 5. The summed E-state index contributed by atoms with van der Waals surface area (Å²) in [6, 6.07) is 9.81. The minimum absolute atomic E-state index is 0.0536. The van der Waals surface area contributed by atoms with E-state index in [2.05, 4.69) is 15.0 Å². The molecule has 35 heavy (non-hydrogen) atoms. The molecule has 4 rings (SSSR count). The summed E-state index contributed by atoms with van der Waals surface area (Å²) < 4.78 is 51.4. The van der Waals surface area contributed by atoms with Crippen LogP contribution in [0.15, 0.2) is 42.6 Å². The van der Waals surface area contributed by atoms with Gasteiger partial charge in [0.1, 0.15) is 17.4 Å². The number of ether oxygens (including phenoxy) is 2. The highest BCUT2D eigenvalue weighted by atomic mass is 35.5. The van der Waals surface area contributed by atoms with Crippen LogP contribution in [0.1, 0.15) is 19.4 Å². The third-order valence-corrected chi connectivity index (χ3v) is 5.78. The second-order valence-electron chi connectivity index (χ2n) is 7.75. The van der Waals surface area contributed by atoms with E-state index in [9.17, 15) is 13.2 Å². The van der Waals surface area contributed by atoms with Crippen LogP contribution in [0, 0.1) is 0 Å². The standard InChI is InChI=1S/C24H25ClF3N5O2/c1-3-34-20-8-7-16(14-18(20)25)19-15-21(31-23(30-19)35-4-2)32-10-12-33(13-11-32)22-17(24(26,27)28)6-5-9-29-22/h5-9,14-15H,3-4,10-13H2,1-2H3. The topological polar surface area (TPSA) is 63.6 Å². The summed E-state index contributed by atoms with van der Waals surface area (Å²) in [5.74, 6) is 1.16. The average Bonchev–Trinajstić information content (AvgIpc) is 2.85. The van der Waals surface area contributed by atoms with E-state index in [4.69, 9.17) is 21.1 Å². The van der Waals surface area contributed by atoms with Gasteiger partial charge in [0, 0.05) is 44.0 Å². The smallest absolute Gasteiger partial charge is 0.419 e. The first kappa shape index (κ1) is 24.8. The maximum absolute atomic E-state index is 13.4. The highest BCUT2D eigenvalue weighted by Crippen LogP contribution is 2.36. The van der Waals surface area contributed by atoms with Gasteiger partial charge in [-0.2, -0.15) is 23.1 Å². The van der Waals surface area contributed by atoms with E-state index in [-0.39, 0.29) is 11.8 Å². The normalized spacial score (nSPS) is 14.2. The Hall–Kier alpha value is -3.27. The number of hydrogen-bond acceptors (Lipinski definition) is 7. The van der Waals surface area contributed by atoms with E-state index >= 15 is 0 Å². The fourth-order valence-corrected chi connectivity index (χ4v) is 4.10. The summed E-state index contributed by atoms with van der Waals surface area (Å²) in [6.45, 7) is 6.25. The highest BCUT2D eigenvalue weighted by Gasteiger charge is 2.36. The summed E-state index contributed by atoms with van der Waals surface area (Å²) in [5, 5.41) is 0.465. The molecule has 0 radical (unpaired) electrons. The van der Waals surface area contributed by atoms with Crippen LogP contribution in [0.3, 0.4) is 0 Å². The summed E-state index contributed by atoms with van der Waals surface area (Å²) >= 11 is 6.36. The van der Waals surface area contributed by atoms with Crippen LogP contribution >= 0.6 is 11.6 Å². The molecule has 2 aromatic heterocycles. The molecule has 186 valence electrons. The van der Waals surface area contributed by atoms with Crippen molar-refractivity contribution in [2.24, 2.45) is 0 Å². The molecule has 0 N–H and O–H groups in total. The summed E-state index contributed by atoms with van der Waals surface area (Å²) in [4.78, 5) is 16.7. The van der Waals surface area contributed by atoms with Crippen molar-refractivity contribution >= 4 is 23.2 Å². The molecule has 0 saturated carbocycles. The highest BCUT2D eigenvalue weighted by molar-refractivity contribution is 6.32. The van der Waals surface area contributed by atoms with Crippen molar-refractivity contribution in [3.63, 3.8) is 0 Å². The van der Waals surface area contributed by atoms with Crippen molar-refractivity contribution in [1.29, 1.82) is 0 Å².